The first-order valence-corrected chi connectivity index (χ1v) is 11.8. The molecule has 3 aromatic rings. The molecule has 0 bridgehead atoms. The van der Waals surface area contributed by atoms with Gasteiger partial charge in [0, 0.05) is 35.3 Å². The SMILES string of the molecule is CS(=O)(=O)Nc1ccc(Cn2c3c(c4cc(F)cc(F)c42)CCCC3CC(=O)O)cc1. The lowest BCUT2D eigenvalue weighted by atomic mass is 9.84. The lowest BCUT2D eigenvalue weighted by Crippen LogP contribution is -2.18. The minimum Gasteiger partial charge on any atom is -0.481 e. The summed E-state index contributed by atoms with van der Waals surface area (Å²) < 4.78 is 55.8. The van der Waals surface area contributed by atoms with E-state index in [1.807, 2.05) is 0 Å². The van der Waals surface area contributed by atoms with Crippen LogP contribution < -0.4 is 4.72 Å². The van der Waals surface area contributed by atoms with Gasteiger partial charge in [-0.2, -0.15) is 0 Å². The van der Waals surface area contributed by atoms with E-state index in [1.54, 1.807) is 28.8 Å². The van der Waals surface area contributed by atoms with Crippen LogP contribution in [0.15, 0.2) is 36.4 Å². The normalized spacial score (nSPS) is 16.3. The van der Waals surface area contributed by atoms with E-state index in [2.05, 4.69) is 4.72 Å². The maximum atomic E-state index is 14.9. The first-order valence-electron chi connectivity index (χ1n) is 9.91. The van der Waals surface area contributed by atoms with Crippen LogP contribution in [0.1, 0.15) is 42.0 Å². The molecule has 9 heteroatoms. The molecule has 1 aliphatic rings. The summed E-state index contributed by atoms with van der Waals surface area (Å²) in [5.74, 6) is -2.57. The van der Waals surface area contributed by atoms with Crippen LogP contribution in [-0.4, -0.2) is 30.3 Å². The summed E-state index contributed by atoms with van der Waals surface area (Å²) in [5.41, 5.74) is 3.00. The number of carboxylic acids is 1. The van der Waals surface area contributed by atoms with Gasteiger partial charge in [-0.15, -0.1) is 0 Å². The monoisotopic (exact) mass is 448 g/mol. The number of carboxylic acid groups (broad SMARTS) is 1. The van der Waals surface area contributed by atoms with E-state index >= 15 is 0 Å². The summed E-state index contributed by atoms with van der Waals surface area (Å²) in [6, 6.07) is 8.83. The molecule has 1 atom stereocenters. The van der Waals surface area contributed by atoms with E-state index in [0.29, 0.717) is 23.9 Å². The number of nitrogens with one attached hydrogen (secondary N) is 1. The van der Waals surface area contributed by atoms with Crippen LogP contribution in [0.5, 0.6) is 0 Å². The Bertz CT molecular complexity index is 1270. The van der Waals surface area contributed by atoms with Gasteiger partial charge < -0.3 is 9.67 Å². The van der Waals surface area contributed by atoms with Gasteiger partial charge in [-0.05, 0) is 48.6 Å². The van der Waals surface area contributed by atoms with Crippen LogP contribution in [0.3, 0.4) is 0 Å². The van der Waals surface area contributed by atoms with Crippen LogP contribution in [0.25, 0.3) is 10.9 Å². The second kappa shape index (κ2) is 7.96. The van der Waals surface area contributed by atoms with Crippen molar-refractivity contribution in [2.24, 2.45) is 0 Å². The summed E-state index contributed by atoms with van der Waals surface area (Å²) in [5, 5.41) is 9.85. The summed E-state index contributed by atoms with van der Waals surface area (Å²) in [6.07, 6.45) is 3.04. The summed E-state index contributed by atoms with van der Waals surface area (Å²) in [6.45, 7) is 0.254. The minimum atomic E-state index is -3.41. The molecule has 4 rings (SSSR count). The van der Waals surface area contributed by atoms with Crippen LogP contribution in [0, 0.1) is 11.6 Å². The molecule has 0 amide bonds. The first-order chi connectivity index (χ1) is 14.6. The fraction of sp³-hybridized carbons (Fsp3) is 0.318. The molecule has 31 heavy (non-hydrogen) atoms. The average Bonchev–Trinajstić information content (AvgIpc) is 2.96. The fourth-order valence-corrected chi connectivity index (χ4v) is 5.10. The van der Waals surface area contributed by atoms with Crippen LogP contribution >= 0.6 is 0 Å². The Hall–Kier alpha value is -2.94. The molecule has 1 aliphatic carbocycles. The zero-order valence-electron chi connectivity index (χ0n) is 16.9. The van der Waals surface area contributed by atoms with E-state index in [4.69, 9.17) is 0 Å². The summed E-state index contributed by atoms with van der Waals surface area (Å²) in [4.78, 5) is 11.4. The molecule has 1 aromatic heterocycles. The first kappa shape index (κ1) is 21.3. The molecule has 0 radical (unpaired) electrons. The Labute approximate surface area is 178 Å². The van der Waals surface area contributed by atoms with Crippen molar-refractivity contribution in [2.75, 3.05) is 11.0 Å². The van der Waals surface area contributed by atoms with Gasteiger partial charge in [-0.25, -0.2) is 17.2 Å². The highest BCUT2D eigenvalue weighted by molar-refractivity contribution is 7.92. The second-order valence-electron chi connectivity index (χ2n) is 7.99. The molecular weight excluding hydrogens is 426 g/mol. The second-order valence-corrected chi connectivity index (χ2v) is 9.74. The van der Waals surface area contributed by atoms with Crippen molar-refractivity contribution in [3.8, 4) is 0 Å². The number of carbonyl (C=O) groups is 1. The van der Waals surface area contributed by atoms with Gasteiger partial charge in [0.2, 0.25) is 10.0 Å². The van der Waals surface area contributed by atoms with Crippen molar-refractivity contribution >= 4 is 32.6 Å². The van der Waals surface area contributed by atoms with Gasteiger partial charge in [0.15, 0.2) is 0 Å². The Morgan fingerprint density at radius 1 is 1.23 bits per heavy atom. The number of aliphatic carboxylic acids is 1. The minimum absolute atomic E-state index is 0.0787. The molecule has 1 unspecified atom stereocenters. The van der Waals surface area contributed by atoms with E-state index in [1.165, 1.54) is 6.07 Å². The van der Waals surface area contributed by atoms with Gasteiger partial charge in [0.1, 0.15) is 11.6 Å². The van der Waals surface area contributed by atoms with Crippen LogP contribution in [0.2, 0.25) is 0 Å². The third kappa shape index (κ3) is 4.41. The van der Waals surface area contributed by atoms with Crippen LogP contribution in [0.4, 0.5) is 14.5 Å². The fourth-order valence-electron chi connectivity index (χ4n) is 4.53. The zero-order chi connectivity index (χ0) is 22.3. The smallest absolute Gasteiger partial charge is 0.304 e. The number of sulfonamides is 1. The summed E-state index contributed by atoms with van der Waals surface area (Å²) in [7, 11) is -3.41. The number of aryl methyl sites for hydroxylation is 1. The third-order valence-electron chi connectivity index (χ3n) is 5.61. The Morgan fingerprint density at radius 3 is 2.58 bits per heavy atom. The molecule has 0 saturated heterocycles. The highest BCUT2D eigenvalue weighted by atomic mass is 32.2. The standard InChI is InChI=1S/C22H22F2N2O4S/c1-31(29,30)25-16-7-5-13(6-8-16)12-26-21-14(9-20(27)28)3-2-4-17(21)18-10-15(23)11-19(24)22(18)26/h5-8,10-11,14,25H,2-4,9,12H2,1H3,(H,27,28). The Morgan fingerprint density at radius 2 is 1.94 bits per heavy atom. The van der Waals surface area contributed by atoms with Crippen molar-refractivity contribution in [1.82, 2.24) is 4.57 Å². The van der Waals surface area contributed by atoms with Crippen molar-refractivity contribution in [3.63, 3.8) is 0 Å². The van der Waals surface area contributed by atoms with Gasteiger partial charge in [0.05, 0.1) is 18.2 Å². The predicted molar refractivity (Wildman–Crippen MR) is 114 cm³/mol. The largest absolute Gasteiger partial charge is 0.481 e. The highest BCUT2D eigenvalue weighted by Crippen LogP contribution is 2.41. The van der Waals surface area contributed by atoms with Gasteiger partial charge in [-0.3, -0.25) is 9.52 Å². The van der Waals surface area contributed by atoms with E-state index < -0.39 is 27.6 Å². The average molecular weight is 448 g/mol. The number of anilines is 1. The van der Waals surface area contributed by atoms with Crippen molar-refractivity contribution < 1.29 is 27.1 Å². The highest BCUT2D eigenvalue weighted by Gasteiger charge is 2.30. The third-order valence-corrected chi connectivity index (χ3v) is 6.21. The van der Waals surface area contributed by atoms with E-state index in [9.17, 15) is 27.1 Å². The number of rotatable bonds is 6. The zero-order valence-corrected chi connectivity index (χ0v) is 17.7. The quantitative estimate of drug-likeness (QED) is 0.591. The van der Waals surface area contributed by atoms with Gasteiger partial charge in [-0.1, -0.05) is 12.1 Å². The number of hydrogen-bond acceptors (Lipinski definition) is 3. The molecule has 0 aliphatic heterocycles. The van der Waals surface area contributed by atoms with E-state index in [-0.39, 0.29) is 24.4 Å². The number of hydrogen-bond donors (Lipinski definition) is 2. The maximum Gasteiger partial charge on any atom is 0.304 e. The molecule has 2 aromatic carbocycles. The topological polar surface area (TPSA) is 88.4 Å². The molecule has 2 N–H and O–H groups in total. The number of fused-ring (bicyclic) bond motifs is 3. The summed E-state index contributed by atoms with van der Waals surface area (Å²) >= 11 is 0. The Kier molecular flexibility index (Phi) is 5.47. The number of halogens is 2. The molecule has 0 fully saturated rings. The van der Waals surface area contributed by atoms with Crippen molar-refractivity contribution in [1.29, 1.82) is 0 Å². The number of benzene rings is 2. The van der Waals surface area contributed by atoms with Gasteiger partial charge >= 0.3 is 5.97 Å². The number of nitrogens with zero attached hydrogens (tertiary/aromatic N) is 1. The van der Waals surface area contributed by atoms with Crippen molar-refractivity contribution in [3.05, 3.63) is 64.9 Å². The molecular formula is C22H22F2N2O4S. The van der Waals surface area contributed by atoms with E-state index in [0.717, 1.165) is 35.6 Å². The van der Waals surface area contributed by atoms with Gasteiger partial charge in [0.25, 0.3) is 0 Å². The molecule has 1 heterocycles. The number of aromatic nitrogens is 1. The molecule has 0 saturated carbocycles. The maximum absolute atomic E-state index is 14.9. The lowest BCUT2D eigenvalue weighted by molar-refractivity contribution is -0.137. The van der Waals surface area contributed by atoms with Crippen molar-refractivity contribution in [2.45, 2.75) is 38.1 Å². The van der Waals surface area contributed by atoms with Crippen LogP contribution in [-0.2, 0) is 27.8 Å². The Balaban J connectivity index is 1.82. The lowest BCUT2D eigenvalue weighted by Gasteiger charge is -2.24. The molecule has 164 valence electrons. The molecule has 6 nitrogen and oxygen atoms in total. The molecule has 0 spiro atoms. The predicted octanol–water partition coefficient (Wildman–Crippen LogP) is 4.23.